The van der Waals surface area contributed by atoms with Crippen LogP contribution in [0.2, 0.25) is 0 Å². The van der Waals surface area contributed by atoms with Gasteiger partial charge in [0.1, 0.15) is 11.8 Å². The molecule has 1 saturated carbocycles. The second-order valence-electron chi connectivity index (χ2n) is 4.81. The summed E-state index contributed by atoms with van der Waals surface area (Å²) in [6, 6.07) is 5.17. The molecule has 4 nitrogen and oxygen atoms in total. The van der Waals surface area contributed by atoms with Crippen LogP contribution in [0.25, 0.3) is 0 Å². The Morgan fingerprint density at radius 1 is 1.47 bits per heavy atom. The van der Waals surface area contributed by atoms with E-state index in [9.17, 15) is 4.79 Å². The molecule has 1 aromatic rings. The van der Waals surface area contributed by atoms with Crippen molar-refractivity contribution in [3.63, 3.8) is 0 Å². The van der Waals surface area contributed by atoms with Gasteiger partial charge in [0, 0.05) is 17.6 Å². The van der Waals surface area contributed by atoms with Gasteiger partial charge in [-0.25, -0.2) is 4.98 Å². The van der Waals surface area contributed by atoms with E-state index in [-0.39, 0.29) is 5.91 Å². The van der Waals surface area contributed by atoms with Crippen molar-refractivity contribution in [1.29, 1.82) is 5.26 Å². The Balaban J connectivity index is 1.88. The van der Waals surface area contributed by atoms with Crippen LogP contribution in [-0.2, 0) is 0 Å². The number of rotatable bonds is 3. The number of halogens is 1. The van der Waals surface area contributed by atoms with Crippen LogP contribution >= 0.6 is 15.9 Å². The van der Waals surface area contributed by atoms with Crippen molar-refractivity contribution in [2.75, 3.05) is 6.54 Å². The van der Waals surface area contributed by atoms with Gasteiger partial charge < -0.3 is 5.32 Å². The first kappa shape index (κ1) is 14.0. The van der Waals surface area contributed by atoms with Crippen molar-refractivity contribution >= 4 is 21.8 Å². The molecular weight excluding hydrogens is 306 g/mol. The van der Waals surface area contributed by atoms with Crippen LogP contribution in [0.3, 0.4) is 0 Å². The Labute approximate surface area is 121 Å². The van der Waals surface area contributed by atoms with Gasteiger partial charge in [-0.2, -0.15) is 5.26 Å². The van der Waals surface area contributed by atoms with E-state index in [0.29, 0.717) is 28.5 Å². The Hall–Kier alpha value is -1.41. The molecule has 1 aliphatic carbocycles. The lowest BCUT2D eigenvalue weighted by Crippen LogP contribution is -2.34. The minimum absolute atomic E-state index is 0.172. The summed E-state index contributed by atoms with van der Waals surface area (Å²) in [6.45, 7) is 0.677. The van der Waals surface area contributed by atoms with Crippen molar-refractivity contribution in [1.82, 2.24) is 10.3 Å². The Morgan fingerprint density at radius 2 is 2.26 bits per heavy atom. The molecule has 0 aromatic carbocycles. The number of nitrogens with zero attached hydrogens (tertiary/aromatic N) is 2. The van der Waals surface area contributed by atoms with E-state index in [1.165, 1.54) is 25.5 Å². The lowest BCUT2D eigenvalue weighted by atomic mass is 9.89. The monoisotopic (exact) mass is 321 g/mol. The molecule has 1 amide bonds. The first-order chi connectivity index (χ1) is 9.20. The zero-order chi connectivity index (χ0) is 13.7. The molecule has 0 spiro atoms. The number of hydrogen-bond acceptors (Lipinski definition) is 3. The standard InChI is InChI=1S/C14H16BrN3O/c15-12-4-2-1-3-11(12)9-18-14(19)13-6-5-10(7-16)8-17-13/h5-6,8,11-12H,1-4,9H2,(H,18,19). The van der Waals surface area contributed by atoms with Crippen LogP contribution in [-0.4, -0.2) is 22.3 Å². The number of alkyl halides is 1. The summed E-state index contributed by atoms with van der Waals surface area (Å²) in [7, 11) is 0. The highest BCUT2D eigenvalue weighted by atomic mass is 79.9. The van der Waals surface area contributed by atoms with E-state index in [2.05, 4.69) is 26.2 Å². The number of aromatic nitrogens is 1. The maximum atomic E-state index is 11.9. The predicted octanol–water partition coefficient (Wildman–Crippen LogP) is 2.64. The van der Waals surface area contributed by atoms with Gasteiger partial charge in [0.25, 0.3) is 5.91 Å². The topological polar surface area (TPSA) is 65.8 Å². The third kappa shape index (κ3) is 3.77. The molecule has 1 aliphatic rings. The minimum atomic E-state index is -0.172. The fourth-order valence-corrected chi connectivity index (χ4v) is 3.08. The number of carbonyl (C=O) groups excluding carboxylic acids is 1. The molecular formula is C14H16BrN3O. The zero-order valence-corrected chi connectivity index (χ0v) is 12.2. The van der Waals surface area contributed by atoms with Gasteiger partial charge >= 0.3 is 0 Å². The largest absolute Gasteiger partial charge is 0.350 e. The first-order valence-electron chi connectivity index (χ1n) is 6.49. The number of nitriles is 1. The highest BCUT2D eigenvalue weighted by Crippen LogP contribution is 2.29. The fraction of sp³-hybridized carbons (Fsp3) is 0.500. The Kier molecular flexibility index (Phi) is 4.92. The molecule has 1 fully saturated rings. The smallest absolute Gasteiger partial charge is 0.269 e. The molecule has 2 atom stereocenters. The van der Waals surface area contributed by atoms with Gasteiger partial charge in [0.2, 0.25) is 0 Å². The molecule has 1 aromatic heterocycles. The minimum Gasteiger partial charge on any atom is -0.350 e. The quantitative estimate of drug-likeness (QED) is 0.870. The van der Waals surface area contributed by atoms with E-state index in [4.69, 9.17) is 5.26 Å². The van der Waals surface area contributed by atoms with E-state index >= 15 is 0 Å². The summed E-state index contributed by atoms with van der Waals surface area (Å²) in [5.41, 5.74) is 0.824. The molecule has 0 radical (unpaired) electrons. The molecule has 1 heterocycles. The van der Waals surface area contributed by atoms with Crippen LogP contribution < -0.4 is 5.32 Å². The fourth-order valence-electron chi connectivity index (χ4n) is 2.30. The highest BCUT2D eigenvalue weighted by Gasteiger charge is 2.23. The molecule has 2 rings (SSSR count). The average molecular weight is 322 g/mol. The van der Waals surface area contributed by atoms with E-state index in [1.54, 1.807) is 12.1 Å². The second kappa shape index (κ2) is 6.67. The third-order valence-electron chi connectivity index (χ3n) is 3.47. The van der Waals surface area contributed by atoms with E-state index in [0.717, 1.165) is 6.42 Å². The summed E-state index contributed by atoms with van der Waals surface area (Å²) in [6.07, 6.45) is 6.24. The number of nitrogens with one attached hydrogen (secondary N) is 1. The van der Waals surface area contributed by atoms with Crippen molar-refractivity contribution in [2.45, 2.75) is 30.5 Å². The van der Waals surface area contributed by atoms with Crippen LogP contribution in [0.5, 0.6) is 0 Å². The Morgan fingerprint density at radius 3 is 2.89 bits per heavy atom. The number of pyridine rings is 1. The normalized spacial score (nSPS) is 22.5. The van der Waals surface area contributed by atoms with Crippen molar-refractivity contribution in [2.24, 2.45) is 5.92 Å². The zero-order valence-electron chi connectivity index (χ0n) is 10.6. The van der Waals surface area contributed by atoms with Gasteiger partial charge in [0.15, 0.2) is 0 Å². The third-order valence-corrected chi connectivity index (χ3v) is 4.67. The Bertz CT molecular complexity index is 480. The lowest BCUT2D eigenvalue weighted by Gasteiger charge is -2.27. The van der Waals surface area contributed by atoms with E-state index < -0.39 is 0 Å². The molecule has 0 bridgehead atoms. The summed E-state index contributed by atoms with van der Waals surface area (Å²) in [5, 5.41) is 11.6. The molecule has 2 unspecified atom stereocenters. The van der Waals surface area contributed by atoms with Gasteiger partial charge in [-0.05, 0) is 30.9 Å². The predicted molar refractivity (Wildman–Crippen MR) is 76.0 cm³/mol. The number of amides is 1. The maximum absolute atomic E-state index is 11.9. The maximum Gasteiger partial charge on any atom is 0.269 e. The molecule has 5 heteroatoms. The van der Waals surface area contributed by atoms with Crippen LogP contribution in [0.1, 0.15) is 41.7 Å². The van der Waals surface area contributed by atoms with Crippen molar-refractivity contribution in [3.05, 3.63) is 29.6 Å². The van der Waals surface area contributed by atoms with Crippen molar-refractivity contribution < 1.29 is 4.79 Å². The molecule has 19 heavy (non-hydrogen) atoms. The molecule has 0 aliphatic heterocycles. The first-order valence-corrected chi connectivity index (χ1v) is 7.40. The average Bonchev–Trinajstić information content (AvgIpc) is 2.46. The van der Waals surface area contributed by atoms with Gasteiger partial charge in [-0.15, -0.1) is 0 Å². The van der Waals surface area contributed by atoms with E-state index in [1.807, 2.05) is 6.07 Å². The van der Waals surface area contributed by atoms with Crippen LogP contribution in [0, 0.1) is 17.2 Å². The van der Waals surface area contributed by atoms with Gasteiger partial charge in [0.05, 0.1) is 5.56 Å². The molecule has 100 valence electrons. The SMILES string of the molecule is N#Cc1ccc(C(=O)NCC2CCCCC2Br)nc1. The molecule has 0 saturated heterocycles. The summed E-state index contributed by atoms with van der Waals surface area (Å²) in [4.78, 5) is 16.4. The highest BCUT2D eigenvalue weighted by molar-refractivity contribution is 9.09. The second-order valence-corrected chi connectivity index (χ2v) is 5.99. The summed E-state index contributed by atoms with van der Waals surface area (Å²) < 4.78 is 0. The van der Waals surface area contributed by atoms with Crippen LogP contribution in [0.15, 0.2) is 18.3 Å². The van der Waals surface area contributed by atoms with Crippen molar-refractivity contribution in [3.8, 4) is 6.07 Å². The lowest BCUT2D eigenvalue weighted by molar-refractivity contribution is 0.0939. The van der Waals surface area contributed by atoms with Gasteiger partial charge in [-0.1, -0.05) is 28.8 Å². The van der Waals surface area contributed by atoms with Gasteiger partial charge in [-0.3, -0.25) is 4.79 Å². The van der Waals surface area contributed by atoms with Crippen LogP contribution in [0.4, 0.5) is 0 Å². The number of hydrogen-bond donors (Lipinski definition) is 1. The number of carbonyl (C=O) groups is 1. The summed E-state index contributed by atoms with van der Waals surface area (Å²) >= 11 is 3.68. The molecule has 1 N–H and O–H groups in total. The summed E-state index contributed by atoms with van der Waals surface area (Å²) in [5.74, 6) is 0.325.